The van der Waals surface area contributed by atoms with Crippen LogP contribution in [0.25, 0.3) is 0 Å². The van der Waals surface area contributed by atoms with Gasteiger partial charge < -0.3 is 4.74 Å². The molecular formula is C9H17BrOS. The van der Waals surface area contributed by atoms with E-state index in [1.807, 2.05) is 11.8 Å². The Hall–Kier alpha value is 0.790. The molecule has 3 heteroatoms. The maximum absolute atomic E-state index is 5.78. The minimum atomic E-state index is 0.190. The van der Waals surface area contributed by atoms with Crippen LogP contribution in [0.4, 0.5) is 0 Å². The van der Waals surface area contributed by atoms with E-state index in [1.54, 1.807) is 0 Å². The van der Waals surface area contributed by atoms with Crippen LogP contribution >= 0.6 is 27.7 Å². The molecule has 1 rings (SSSR count). The van der Waals surface area contributed by atoms with E-state index in [0.717, 1.165) is 11.9 Å². The Morgan fingerprint density at radius 3 is 2.92 bits per heavy atom. The zero-order chi connectivity index (χ0) is 8.86. The Kier molecular flexibility index (Phi) is 4.99. The van der Waals surface area contributed by atoms with Gasteiger partial charge in [0.05, 0.1) is 5.60 Å². The number of halogens is 1. The Morgan fingerprint density at radius 2 is 2.42 bits per heavy atom. The normalized spacial score (nSPS) is 29.5. The van der Waals surface area contributed by atoms with Crippen LogP contribution in [0.1, 0.15) is 25.7 Å². The lowest BCUT2D eigenvalue weighted by Gasteiger charge is -2.25. The molecule has 1 unspecified atom stereocenters. The molecule has 0 radical (unpaired) electrons. The number of thioether (sulfide) groups is 1. The second kappa shape index (κ2) is 5.51. The molecule has 0 aromatic carbocycles. The van der Waals surface area contributed by atoms with Crippen LogP contribution in [0, 0.1) is 0 Å². The first-order chi connectivity index (χ1) is 5.83. The first kappa shape index (κ1) is 10.9. The van der Waals surface area contributed by atoms with Gasteiger partial charge in [0.25, 0.3) is 0 Å². The maximum atomic E-state index is 5.78. The zero-order valence-electron chi connectivity index (χ0n) is 7.64. The van der Waals surface area contributed by atoms with Gasteiger partial charge in [0.1, 0.15) is 0 Å². The van der Waals surface area contributed by atoms with E-state index in [0.29, 0.717) is 0 Å². The van der Waals surface area contributed by atoms with Gasteiger partial charge in [-0.3, -0.25) is 0 Å². The van der Waals surface area contributed by atoms with Crippen molar-refractivity contribution in [2.75, 3.05) is 23.9 Å². The molecule has 1 saturated heterocycles. The molecule has 1 aliphatic heterocycles. The third-order valence-corrected chi connectivity index (χ3v) is 4.13. The molecule has 0 aromatic rings. The average Bonchev–Trinajstić information content (AvgIpc) is 2.55. The summed E-state index contributed by atoms with van der Waals surface area (Å²) in [4.78, 5) is 0. The minimum Gasteiger partial charge on any atom is -0.374 e. The van der Waals surface area contributed by atoms with Crippen LogP contribution < -0.4 is 0 Å². The van der Waals surface area contributed by atoms with E-state index >= 15 is 0 Å². The topological polar surface area (TPSA) is 9.23 Å². The standard InChI is InChI=1S/C9H17BrOS/c1-12-7-3-5-9(8-10)4-2-6-11-9/h2-8H2,1H3. The van der Waals surface area contributed by atoms with E-state index < -0.39 is 0 Å². The Morgan fingerprint density at radius 1 is 1.58 bits per heavy atom. The summed E-state index contributed by atoms with van der Waals surface area (Å²) >= 11 is 5.48. The number of ether oxygens (including phenoxy) is 1. The smallest absolute Gasteiger partial charge is 0.0780 e. The molecule has 0 saturated carbocycles. The predicted molar refractivity (Wildman–Crippen MR) is 59.3 cm³/mol. The van der Waals surface area contributed by atoms with E-state index in [-0.39, 0.29) is 5.60 Å². The van der Waals surface area contributed by atoms with Gasteiger partial charge in [0.15, 0.2) is 0 Å². The molecule has 0 N–H and O–H groups in total. The molecule has 1 fully saturated rings. The second-order valence-electron chi connectivity index (χ2n) is 3.37. The lowest BCUT2D eigenvalue weighted by Crippen LogP contribution is -2.29. The summed E-state index contributed by atoms with van der Waals surface area (Å²) in [6, 6.07) is 0. The average molecular weight is 253 g/mol. The second-order valence-corrected chi connectivity index (χ2v) is 4.91. The van der Waals surface area contributed by atoms with Crippen molar-refractivity contribution >= 4 is 27.7 Å². The van der Waals surface area contributed by atoms with Gasteiger partial charge >= 0.3 is 0 Å². The van der Waals surface area contributed by atoms with Crippen LogP contribution in [0.5, 0.6) is 0 Å². The van der Waals surface area contributed by atoms with Gasteiger partial charge in [0, 0.05) is 11.9 Å². The number of hydrogen-bond donors (Lipinski definition) is 0. The van der Waals surface area contributed by atoms with Crippen molar-refractivity contribution in [3.05, 3.63) is 0 Å². The highest BCUT2D eigenvalue weighted by molar-refractivity contribution is 9.09. The summed E-state index contributed by atoms with van der Waals surface area (Å²) < 4.78 is 5.78. The highest BCUT2D eigenvalue weighted by Crippen LogP contribution is 2.32. The third kappa shape index (κ3) is 2.93. The fourth-order valence-electron chi connectivity index (χ4n) is 1.66. The van der Waals surface area contributed by atoms with Crippen molar-refractivity contribution in [3.8, 4) is 0 Å². The number of hydrogen-bond acceptors (Lipinski definition) is 2. The van der Waals surface area contributed by atoms with E-state index in [4.69, 9.17) is 4.74 Å². The molecule has 1 heterocycles. The summed E-state index contributed by atoms with van der Waals surface area (Å²) in [7, 11) is 0. The SMILES string of the molecule is CSCCCC1(CBr)CCCO1. The zero-order valence-corrected chi connectivity index (χ0v) is 10.0. The maximum Gasteiger partial charge on any atom is 0.0780 e. The van der Waals surface area contributed by atoms with Gasteiger partial charge in [0.2, 0.25) is 0 Å². The van der Waals surface area contributed by atoms with Gasteiger partial charge in [-0.25, -0.2) is 0 Å². The largest absolute Gasteiger partial charge is 0.374 e. The van der Waals surface area contributed by atoms with Crippen molar-refractivity contribution in [2.45, 2.75) is 31.3 Å². The first-order valence-electron chi connectivity index (χ1n) is 4.52. The summed E-state index contributed by atoms with van der Waals surface area (Å²) in [5, 5.41) is 1.01. The molecular weight excluding hydrogens is 236 g/mol. The molecule has 0 bridgehead atoms. The van der Waals surface area contributed by atoms with Crippen molar-refractivity contribution in [3.63, 3.8) is 0 Å². The van der Waals surface area contributed by atoms with Crippen LogP contribution in [0.3, 0.4) is 0 Å². The molecule has 0 amide bonds. The molecule has 0 aromatic heterocycles. The molecule has 1 atom stereocenters. The van der Waals surface area contributed by atoms with Crippen LogP contribution in [-0.4, -0.2) is 29.5 Å². The van der Waals surface area contributed by atoms with Crippen LogP contribution in [-0.2, 0) is 4.74 Å². The fraction of sp³-hybridized carbons (Fsp3) is 1.00. The van der Waals surface area contributed by atoms with Gasteiger partial charge in [-0.05, 0) is 37.7 Å². The number of rotatable bonds is 5. The van der Waals surface area contributed by atoms with Gasteiger partial charge in [-0.1, -0.05) is 15.9 Å². The lowest BCUT2D eigenvalue weighted by atomic mass is 9.97. The van der Waals surface area contributed by atoms with Crippen molar-refractivity contribution in [1.82, 2.24) is 0 Å². The van der Waals surface area contributed by atoms with Crippen LogP contribution in [0.15, 0.2) is 0 Å². The quantitative estimate of drug-likeness (QED) is 0.550. The highest BCUT2D eigenvalue weighted by Gasteiger charge is 2.32. The van der Waals surface area contributed by atoms with Crippen molar-refractivity contribution in [1.29, 1.82) is 0 Å². The first-order valence-corrected chi connectivity index (χ1v) is 7.03. The number of alkyl halides is 1. The molecule has 0 aliphatic carbocycles. The molecule has 72 valence electrons. The molecule has 1 nitrogen and oxygen atoms in total. The Balaban J connectivity index is 2.24. The predicted octanol–water partition coefficient (Wildman–Crippen LogP) is 3.07. The Labute approximate surface area is 87.8 Å². The monoisotopic (exact) mass is 252 g/mol. The summed E-state index contributed by atoms with van der Waals surface area (Å²) in [6.45, 7) is 0.963. The summed E-state index contributed by atoms with van der Waals surface area (Å²) in [5.41, 5.74) is 0.190. The van der Waals surface area contributed by atoms with Crippen molar-refractivity contribution < 1.29 is 4.74 Å². The minimum absolute atomic E-state index is 0.190. The molecule has 1 aliphatic rings. The summed E-state index contributed by atoms with van der Waals surface area (Å²) in [5.74, 6) is 1.26. The van der Waals surface area contributed by atoms with Gasteiger partial charge in [-0.2, -0.15) is 11.8 Å². The fourth-order valence-corrected chi connectivity index (χ4v) is 2.82. The van der Waals surface area contributed by atoms with E-state index in [9.17, 15) is 0 Å². The third-order valence-electron chi connectivity index (χ3n) is 2.41. The molecule has 0 spiro atoms. The molecule has 12 heavy (non-hydrogen) atoms. The summed E-state index contributed by atoms with van der Waals surface area (Å²) in [6.07, 6.45) is 7.15. The Bertz CT molecular complexity index is 124. The lowest BCUT2D eigenvalue weighted by molar-refractivity contribution is 0.0182. The van der Waals surface area contributed by atoms with Crippen LogP contribution in [0.2, 0.25) is 0 Å². The highest BCUT2D eigenvalue weighted by atomic mass is 79.9. The van der Waals surface area contributed by atoms with Crippen molar-refractivity contribution in [2.24, 2.45) is 0 Å². The van der Waals surface area contributed by atoms with E-state index in [2.05, 4.69) is 22.2 Å². The van der Waals surface area contributed by atoms with Gasteiger partial charge in [-0.15, -0.1) is 0 Å². The van der Waals surface area contributed by atoms with E-state index in [1.165, 1.54) is 31.4 Å².